The minimum atomic E-state index is -0.00624. The summed E-state index contributed by atoms with van der Waals surface area (Å²) in [6.45, 7) is 5.61. The van der Waals surface area contributed by atoms with E-state index in [2.05, 4.69) is 31.5 Å². The van der Waals surface area contributed by atoms with Crippen molar-refractivity contribution in [2.45, 2.75) is 25.2 Å². The summed E-state index contributed by atoms with van der Waals surface area (Å²) in [5.74, 6) is -0.00624. The van der Waals surface area contributed by atoms with Gasteiger partial charge in [0.2, 0.25) is 5.91 Å². The lowest BCUT2D eigenvalue weighted by atomic mass is 10.2. The van der Waals surface area contributed by atoms with E-state index >= 15 is 0 Å². The van der Waals surface area contributed by atoms with Crippen molar-refractivity contribution < 1.29 is 14.3 Å². The van der Waals surface area contributed by atoms with Gasteiger partial charge in [0, 0.05) is 60.3 Å². The molecule has 9 heteroatoms. The third kappa shape index (κ3) is 4.80. The lowest BCUT2D eigenvalue weighted by Gasteiger charge is -2.25. The number of carbonyl (C=O) groups excluding carboxylic acids is 1. The molecule has 178 valence electrons. The van der Waals surface area contributed by atoms with Gasteiger partial charge in [-0.3, -0.25) is 14.6 Å². The zero-order valence-electron chi connectivity index (χ0n) is 19.0. The Labute approximate surface area is 202 Å². The molecule has 2 unspecified atom stereocenters. The third-order valence-electron chi connectivity index (χ3n) is 6.64. The number of anilines is 1. The molecule has 2 atom stereocenters. The Bertz CT molecular complexity index is 1150. The number of amides is 1. The van der Waals surface area contributed by atoms with Crippen LogP contribution in [0.25, 0.3) is 21.8 Å². The van der Waals surface area contributed by atoms with E-state index in [0.29, 0.717) is 19.8 Å². The van der Waals surface area contributed by atoms with Crippen LogP contribution in [0.4, 0.5) is 5.69 Å². The first-order valence-corrected chi connectivity index (χ1v) is 12.8. The molecule has 0 bridgehead atoms. The number of carbonyl (C=O) groups is 1. The first-order chi connectivity index (χ1) is 16.7. The largest absolute Gasteiger partial charge is 0.379 e. The molecule has 1 amide bonds. The summed E-state index contributed by atoms with van der Waals surface area (Å²) in [5.41, 5.74) is 4.92. The van der Waals surface area contributed by atoms with Gasteiger partial charge in [0.25, 0.3) is 0 Å². The van der Waals surface area contributed by atoms with Gasteiger partial charge in [-0.2, -0.15) is 0 Å². The molecule has 3 aromatic rings. The predicted octanol–water partition coefficient (Wildman–Crippen LogP) is 3.57. The molecule has 5 heterocycles. The summed E-state index contributed by atoms with van der Waals surface area (Å²) < 4.78 is 11.3. The molecule has 3 saturated heterocycles. The van der Waals surface area contributed by atoms with E-state index < -0.39 is 0 Å². The van der Waals surface area contributed by atoms with Crippen LogP contribution in [0.3, 0.4) is 0 Å². The van der Waals surface area contributed by atoms with Gasteiger partial charge >= 0.3 is 0 Å². The molecule has 1 aromatic carbocycles. The number of H-pyrrole nitrogens is 1. The Kier molecular flexibility index (Phi) is 6.19. The van der Waals surface area contributed by atoms with Gasteiger partial charge in [-0.1, -0.05) is 12.1 Å². The maximum Gasteiger partial charge on any atom is 0.238 e. The van der Waals surface area contributed by atoms with E-state index in [1.165, 1.54) is 12.8 Å². The van der Waals surface area contributed by atoms with Gasteiger partial charge in [-0.05, 0) is 31.0 Å². The van der Waals surface area contributed by atoms with Crippen LogP contribution in [-0.4, -0.2) is 77.8 Å². The molecule has 2 N–H and O–H groups in total. The van der Waals surface area contributed by atoms with Crippen molar-refractivity contribution in [3.63, 3.8) is 0 Å². The molecule has 2 aromatic heterocycles. The van der Waals surface area contributed by atoms with Gasteiger partial charge in [0.15, 0.2) is 0 Å². The fourth-order valence-corrected chi connectivity index (χ4v) is 5.59. The molecule has 3 fully saturated rings. The third-order valence-corrected chi connectivity index (χ3v) is 7.54. The highest BCUT2D eigenvalue weighted by Gasteiger charge is 2.46. The number of nitrogens with zero attached hydrogens (tertiary/aromatic N) is 3. The number of morpholine rings is 1. The molecule has 6 rings (SSSR count). The van der Waals surface area contributed by atoms with Gasteiger partial charge in [0.1, 0.15) is 17.3 Å². The predicted molar refractivity (Wildman–Crippen MR) is 132 cm³/mol. The number of aromatic amines is 1. The minimum absolute atomic E-state index is 0.00624. The number of rotatable bonds is 7. The summed E-state index contributed by atoms with van der Waals surface area (Å²) >= 11 is 1.61. The second-order valence-electron chi connectivity index (χ2n) is 9.09. The maximum absolute atomic E-state index is 12.5. The van der Waals surface area contributed by atoms with Crippen LogP contribution in [0.2, 0.25) is 0 Å². The smallest absolute Gasteiger partial charge is 0.238 e. The van der Waals surface area contributed by atoms with Crippen molar-refractivity contribution in [2.24, 2.45) is 0 Å². The number of ether oxygens (including phenoxy) is 2. The van der Waals surface area contributed by atoms with E-state index in [9.17, 15) is 4.79 Å². The number of nitrogens with one attached hydrogen (secondary N) is 2. The van der Waals surface area contributed by atoms with E-state index in [0.717, 1.165) is 59.4 Å². The molecular weight excluding hydrogens is 450 g/mol. The Morgan fingerprint density at radius 3 is 2.85 bits per heavy atom. The second-order valence-corrected chi connectivity index (χ2v) is 9.95. The lowest BCUT2D eigenvalue weighted by Crippen LogP contribution is -2.41. The number of aromatic nitrogens is 2. The first kappa shape index (κ1) is 21.9. The number of hydrogen-bond acceptors (Lipinski definition) is 7. The second kappa shape index (κ2) is 9.59. The Morgan fingerprint density at radius 1 is 1.15 bits per heavy atom. The average molecular weight is 480 g/mol. The van der Waals surface area contributed by atoms with Crippen LogP contribution in [0, 0.1) is 0 Å². The van der Waals surface area contributed by atoms with Crippen molar-refractivity contribution in [1.82, 2.24) is 19.8 Å². The standard InChI is InChI=1S/C25H29N5O3S/c31-22(15-29-8-10-32-11-9-29)27-19-5-3-4-17(12-19)24-28-21(16-34-24)18-13-20(26-14-18)23-25(33-23)30-6-1-2-7-30/h3-5,12-14,16,23,25-26H,1-2,6-11,15H2,(H,27,31). The summed E-state index contributed by atoms with van der Waals surface area (Å²) in [7, 11) is 0. The highest BCUT2D eigenvalue weighted by molar-refractivity contribution is 7.13. The Balaban J connectivity index is 1.10. The number of thiazole rings is 1. The van der Waals surface area contributed by atoms with Crippen LogP contribution in [0.5, 0.6) is 0 Å². The zero-order valence-corrected chi connectivity index (χ0v) is 19.9. The SMILES string of the molecule is O=C(CN1CCOCC1)Nc1cccc(-c2nc(-c3c[nH]c(C4OC4N4CCCC4)c3)cs2)c1. The maximum atomic E-state index is 12.5. The zero-order chi connectivity index (χ0) is 22.9. The minimum Gasteiger partial charge on any atom is -0.379 e. The van der Waals surface area contributed by atoms with E-state index in [1.807, 2.05) is 30.5 Å². The molecule has 0 radical (unpaired) electrons. The van der Waals surface area contributed by atoms with Crippen LogP contribution in [0.15, 0.2) is 41.9 Å². The van der Waals surface area contributed by atoms with Crippen molar-refractivity contribution >= 4 is 22.9 Å². The van der Waals surface area contributed by atoms with Crippen LogP contribution in [-0.2, 0) is 14.3 Å². The number of benzene rings is 1. The Morgan fingerprint density at radius 2 is 2.00 bits per heavy atom. The van der Waals surface area contributed by atoms with Gasteiger partial charge in [-0.25, -0.2) is 4.98 Å². The molecule has 34 heavy (non-hydrogen) atoms. The van der Waals surface area contributed by atoms with Crippen molar-refractivity contribution in [1.29, 1.82) is 0 Å². The summed E-state index contributed by atoms with van der Waals surface area (Å²) in [6.07, 6.45) is 4.91. The van der Waals surface area contributed by atoms with Crippen LogP contribution in [0.1, 0.15) is 24.6 Å². The molecule has 0 spiro atoms. The van der Waals surface area contributed by atoms with Crippen molar-refractivity contribution in [2.75, 3.05) is 51.3 Å². The molecule has 0 saturated carbocycles. The van der Waals surface area contributed by atoms with Crippen LogP contribution >= 0.6 is 11.3 Å². The molecular formula is C25H29N5O3S. The highest BCUT2D eigenvalue weighted by atomic mass is 32.1. The molecule has 8 nitrogen and oxygen atoms in total. The summed E-state index contributed by atoms with van der Waals surface area (Å²) in [4.78, 5) is 25.3. The summed E-state index contributed by atoms with van der Waals surface area (Å²) in [5, 5.41) is 6.03. The number of hydrogen-bond donors (Lipinski definition) is 2. The highest BCUT2D eigenvalue weighted by Crippen LogP contribution is 2.42. The van der Waals surface area contributed by atoms with Gasteiger partial charge in [0.05, 0.1) is 25.5 Å². The molecule has 3 aliphatic heterocycles. The normalized spacial score (nSPS) is 23.3. The molecule has 0 aliphatic carbocycles. The fourth-order valence-electron chi connectivity index (χ4n) is 4.76. The number of epoxide rings is 1. The van der Waals surface area contributed by atoms with Crippen molar-refractivity contribution in [3.8, 4) is 21.8 Å². The van der Waals surface area contributed by atoms with E-state index in [1.54, 1.807) is 11.3 Å². The molecule has 3 aliphatic rings. The first-order valence-electron chi connectivity index (χ1n) is 12.0. The van der Waals surface area contributed by atoms with E-state index in [4.69, 9.17) is 14.5 Å². The average Bonchev–Trinajstić information content (AvgIpc) is 3.30. The monoisotopic (exact) mass is 479 g/mol. The topological polar surface area (TPSA) is 86.0 Å². The van der Waals surface area contributed by atoms with Crippen molar-refractivity contribution in [3.05, 3.63) is 47.6 Å². The number of likely N-dealkylation sites (tertiary alicyclic amines) is 1. The Hall–Kier alpha value is -2.56. The lowest BCUT2D eigenvalue weighted by molar-refractivity contribution is -0.118. The summed E-state index contributed by atoms with van der Waals surface area (Å²) in [6, 6.07) is 10.0. The van der Waals surface area contributed by atoms with Gasteiger partial charge < -0.3 is 19.8 Å². The quantitative estimate of drug-likeness (QED) is 0.504. The fraction of sp³-hybridized carbons (Fsp3) is 0.440. The van der Waals surface area contributed by atoms with E-state index in [-0.39, 0.29) is 18.2 Å². The van der Waals surface area contributed by atoms with Crippen LogP contribution < -0.4 is 5.32 Å². The van der Waals surface area contributed by atoms with Gasteiger partial charge in [-0.15, -0.1) is 11.3 Å².